The number of hydrogen-bond acceptors (Lipinski definition) is 2. The van der Waals surface area contributed by atoms with Gasteiger partial charge in [0.25, 0.3) is 11.8 Å². The van der Waals surface area contributed by atoms with Crippen molar-refractivity contribution in [3.8, 4) is 0 Å². The van der Waals surface area contributed by atoms with Crippen LogP contribution in [0.5, 0.6) is 0 Å². The third kappa shape index (κ3) is 12.7. The molecule has 2 aromatic rings. The van der Waals surface area contributed by atoms with Crippen molar-refractivity contribution in [2.75, 3.05) is 27.7 Å². The summed E-state index contributed by atoms with van der Waals surface area (Å²) >= 11 is 0. The van der Waals surface area contributed by atoms with Crippen LogP contribution in [0, 0.1) is 0 Å². The summed E-state index contributed by atoms with van der Waals surface area (Å²) in [6, 6.07) is 16.3. The van der Waals surface area contributed by atoms with Crippen LogP contribution >= 0.6 is 0 Å². The number of aryl methyl sites for hydroxylation is 2. The van der Waals surface area contributed by atoms with E-state index in [4.69, 9.17) is 0 Å². The molecule has 1 saturated carbocycles. The Kier molecular flexibility index (Phi) is 15.8. The molecule has 2 aromatic carbocycles. The molecule has 0 radical (unpaired) electrons. The zero-order chi connectivity index (χ0) is 27.4. The van der Waals surface area contributed by atoms with Crippen molar-refractivity contribution in [2.45, 2.75) is 111 Å². The van der Waals surface area contributed by atoms with Crippen LogP contribution in [-0.2, 0) is 12.8 Å². The molecule has 226 valence electrons. The molecule has 5 heteroatoms. The number of carbonyl (C=O) groups is 2. The third-order valence-electron chi connectivity index (χ3n) is 7.78. The van der Waals surface area contributed by atoms with E-state index in [1.54, 1.807) is 0 Å². The van der Waals surface area contributed by atoms with E-state index in [0.29, 0.717) is 5.56 Å². The van der Waals surface area contributed by atoms with Crippen LogP contribution in [0.1, 0.15) is 119 Å². The number of benzene rings is 2. The fraction of sp³-hybridized carbons (Fsp3) is 0.600. The Bertz CT molecular complexity index is 992. The molecular weight excluding hydrogens is 494 g/mol. The van der Waals surface area contributed by atoms with Gasteiger partial charge in [-0.05, 0) is 93.2 Å². The van der Waals surface area contributed by atoms with Crippen LogP contribution in [0.3, 0.4) is 0 Å². The Morgan fingerprint density at radius 1 is 0.675 bits per heavy atom. The average molecular weight is 555 g/mol. The van der Waals surface area contributed by atoms with Crippen molar-refractivity contribution in [2.24, 2.45) is 0 Å². The highest BCUT2D eigenvalue weighted by atomic mass is 16.2. The molecule has 2 amide bonds. The molecule has 0 aromatic heterocycles. The number of nitrogens with zero attached hydrogens (tertiary/aromatic N) is 1. The maximum absolute atomic E-state index is 12.8. The van der Waals surface area contributed by atoms with E-state index >= 15 is 0 Å². The van der Waals surface area contributed by atoms with E-state index in [1.165, 1.54) is 56.2 Å². The molecule has 1 fully saturated rings. The monoisotopic (exact) mass is 554 g/mol. The first-order chi connectivity index (χ1) is 18.2. The molecule has 1 aliphatic carbocycles. The molecule has 0 aliphatic heterocycles. The number of hydrogen-bond donors (Lipinski definition) is 2. The first-order valence-electron chi connectivity index (χ1n) is 14.8. The van der Waals surface area contributed by atoms with E-state index in [-0.39, 0.29) is 40.2 Å². The van der Waals surface area contributed by atoms with Crippen LogP contribution in [0.4, 0.5) is 0 Å². The van der Waals surface area contributed by atoms with Gasteiger partial charge in [0.15, 0.2) is 0 Å². The number of quaternary nitrogens is 1. The standard InChI is InChI=1S/C33H49N3O2.2CH4.H2/c1-5-26-13-17-28(18-14-26)32(37)34-30-21-23-31(24-22-30)35-33(38)29-19-15-27(16-20-29)12-10-8-6-7-9-11-25-36(2,3)4;;;/h13-20,30-31H,5-12,21-25H2,1-4H3,(H-,34,35,37,38);2*1H4;1H/p+1. The smallest absolute Gasteiger partial charge is 0.251 e. The molecule has 40 heavy (non-hydrogen) atoms. The van der Waals surface area contributed by atoms with E-state index in [9.17, 15) is 9.59 Å². The predicted octanol–water partition coefficient (Wildman–Crippen LogP) is 7.83. The van der Waals surface area contributed by atoms with Gasteiger partial charge in [0, 0.05) is 24.6 Å². The normalized spacial score (nSPS) is 16.8. The van der Waals surface area contributed by atoms with Crippen LogP contribution in [0.25, 0.3) is 0 Å². The quantitative estimate of drug-likeness (QED) is 0.185. The van der Waals surface area contributed by atoms with Crippen LogP contribution < -0.4 is 10.6 Å². The molecule has 0 spiro atoms. The van der Waals surface area contributed by atoms with E-state index in [1.807, 2.05) is 36.4 Å². The summed E-state index contributed by atoms with van der Waals surface area (Å²) < 4.78 is 1.06. The number of nitrogens with one attached hydrogen (secondary N) is 2. The van der Waals surface area contributed by atoms with Crippen molar-refractivity contribution in [1.82, 2.24) is 10.6 Å². The largest absolute Gasteiger partial charge is 0.349 e. The van der Waals surface area contributed by atoms with E-state index < -0.39 is 0 Å². The lowest BCUT2D eigenvalue weighted by molar-refractivity contribution is -0.870. The minimum Gasteiger partial charge on any atom is -0.349 e. The average Bonchev–Trinajstić information content (AvgIpc) is 2.91. The van der Waals surface area contributed by atoms with Crippen LogP contribution in [0.15, 0.2) is 48.5 Å². The van der Waals surface area contributed by atoms with Crippen molar-refractivity contribution in [3.63, 3.8) is 0 Å². The summed E-state index contributed by atoms with van der Waals surface area (Å²) in [7, 11) is 6.78. The van der Waals surface area contributed by atoms with Gasteiger partial charge < -0.3 is 15.1 Å². The second-order valence-electron chi connectivity index (χ2n) is 12.1. The topological polar surface area (TPSA) is 58.2 Å². The number of carbonyl (C=O) groups excluding carboxylic acids is 2. The lowest BCUT2D eigenvalue weighted by Crippen LogP contribution is -2.43. The van der Waals surface area contributed by atoms with Gasteiger partial charge in [0.1, 0.15) is 0 Å². The fourth-order valence-electron chi connectivity index (χ4n) is 5.26. The van der Waals surface area contributed by atoms with E-state index in [2.05, 4.69) is 50.8 Å². The summed E-state index contributed by atoms with van der Waals surface area (Å²) in [6.07, 6.45) is 13.4. The molecule has 5 nitrogen and oxygen atoms in total. The Morgan fingerprint density at radius 2 is 1.07 bits per heavy atom. The minimum atomic E-state index is -0.00397. The molecule has 0 atom stereocenters. The lowest BCUT2D eigenvalue weighted by atomic mass is 9.90. The van der Waals surface area contributed by atoms with Crippen LogP contribution in [0.2, 0.25) is 0 Å². The maximum atomic E-state index is 12.8. The van der Waals surface area contributed by atoms with E-state index in [0.717, 1.165) is 48.6 Å². The van der Waals surface area contributed by atoms with Gasteiger partial charge in [0.05, 0.1) is 27.7 Å². The van der Waals surface area contributed by atoms with Gasteiger partial charge in [-0.3, -0.25) is 9.59 Å². The SMILES string of the molecule is C.C.CCc1ccc(C(=O)NC2CCC(NC(=O)c3ccc(CCCCCCCC[N+](C)(C)C)cc3)CC2)cc1.[HH]. The second kappa shape index (κ2) is 17.9. The highest BCUT2D eigenvalue weighted by Crippen LogP contribution is 2.20. The summed E-state index contributed by atoms with van der Waals surface area (Å²) in [6.45, 7) is 3.37. The zero-order valence-corrected chi connectivity index (χ0v) is 24.2. The van der Waals surface area contributed by atoms with Crippen LogP contribution in [-0.4, -0.2) is 56.1 Å². The summed E-state index contributed by atoms with van der Waals surface area (Å²) in [5, 5.41) is 6.38. The lowest BCUT2D eigenvalue weighted by Gasteiger charge is -2.29. The molecule has 2 N–H and O–H groups in total. The van der Waals surface area contributed by atoms with Gasteiger partial charge in [-0.2, -0.15) is 0 Å². The molecule has 3 rings (SSSR count). The van der Waals surface area contributed by atoms with Crippen molar-refractivity contribution >= 4 is 11.8 Å². The summed E-state index contributed by atoms with van der Waals surface area (Å²) in [5.74, 6) is 0.00430. The first-order valence-corrected chi connectivity index (χ1v) is 14.8. The summed E-state index contributed by atoms with van der Waals surface area (Å²) in [4.78, 5) is 25.4. The molecular formula is C35H60N3O2+. The maximum Gasteiger partial charge on any atom is 0.251 e. The zero-order valence-electron chi connectivity index (χ0n) is 24.2. The molecule has 1 aliphatic rings. The number of amides is 2. The van der Waals surface area contributed by atoms with Crippen molar-refractivity contribution in [3.05, 3.63) is 70.8 Å². The Labute approximate surface area is 247 Å². The Balaban J connectivity index is 0.00000533. The summed E-state index contributed by atoms with van der Waals surface area (Å²) in [5.41, 5.74) is 4.00. The Hall–Kier alpha value is -2.66. The molecule has 0 unspecified atom stereocenters. The Morgan fingerprint density at radius 3 is 1.50 bits per heavy atom. The molecule has 0 saturated heterocycles. The second-order valence-corrected chi connectivity index (χ2v) is 12.1. The van der Waals surface area contributed by atoms with Gasteiger partial charge >= 0.3 is 0 Å². The third-order valence-corrected chi connectivity index (χ3v) is 7.78. The van der Waals surface area contributed by atoms with Gasteiger partial charge in [-0.1, -0.05) is 65.3 Å². The number of rotatable bonds is 14. The van der Waals surface area contributed by atoms with Gasteiger partial charge in [0.2, 0.25) is 0 Å². The predicted molar refractivity (Wildman–Crippen MR) is 173 cm³/mol. The molecule has 0 heterocycles. The fourth-order valence-corrected chi connectivity index (χ4v) is 5.26. The highest BCUT2D eigenvalue weighted by Gasteiger charge is 2.24. The van der Waals surface area contributed by atoms with Gasteiger partial charge in [-0.25, -0.2) is 0 Å². The highest BCUT2D eigenvalue weighted by molar-refractivity contribution is 5.95. The van der Waals surface area contributed by atoms with Crippen molar-refractivity contribution in [1.29, 1.82) is 0 Å². The minimum absolute atomic E-state index is 0. The van der Waals surface area contributed by atoms with Crippen molar-refractivity contribution < 1.29 is 15.5 Å². The van der Waals surface area contributed by atoms with Gasteiger partial charge in [-0.15, -0.1) is 0 Å². The molecule has 0 bridgehead atoms. The first kappa shape index (κ1) is 35.4. The number of unbranched alkanes of at least 4 members (excludes halogenated alkanes) is 5.